The van der Waals surface area contributed by atoms with E-state index in [0.717, 1.165) is 48.4 Å². The summed E-state index contributed by atoms with van der Waals surface area (Å²) in [4.78, 5) is 12.6. The zero-order valence-electron chi connectivity index (χ0n) is 15.1. The molecule has 1 unspecified atom stereocenters. The van der Waals surface area contributed by atoms with Crippen molar-refractivity contribution in [2.45, 2.75) is 31.9 Å². The van der Waals surface area contributed by atoms with E-state index in [1.165, 1.54) is 0 Å². The SMILES string of the molecule is COc1cc2c(c(OC)c1)-c1cc(OCC3CCCO3)cc(=O)n1CC2. The van der Waals surface area contributed by atoms with Crippen molar-refractivity contribution in [2.24, 2.45) is 0 Å². The molecule has 0 N–H and O–H groups in total. The Labute approximate surface area is 152 Å². The quantitative estimate of drug-likeness (QED) is 0.823. The van der Waals surface area contributed by atoms with Gasteiger partial charge in [0.2, 0.25) is 0 Å². The molecule has 1 saturated heterocycles. The molecule has 0 amide bonds. The summed E-state index contributed by atoms with van der Waals surface area (Å²) < 4.78 is 24.2. The van der Waals surface area contributed by atoms with Gasteiger partial charge >= 0.3 is 0 Å². The Morgan fingerprint density at radius 2 is 2.04 bits per heavy atom. The van der Waals surface area contributed by atoms with Crippen molar-refractivity contribution in [3.63, 3.8) is 0 Å². The zero-order valence-corrected chi connectivity index (χ0v) is 15.1. The number of benzene rings is 1. The van der Waals surface area contributed by atoms with Crippen molar-refractivity contribution < 1.29 is 18.9 Å². The summed E-state index contributed by atoms with van der Waals surface area (Å²) in [5.74, 6) is 2.02. The molecule has 2 aliphatic heterocycles. The van der Waals surface area contributed by atoms with Gasteiger partial charge in [-0.2, -0.15) is 0 Å². The number of methoxy groups -OCH3 is 2. The molecular formula is C20H23NO5. The van der Waals surface area contributed by atoms with Gasteiger partial charge in [-0.15, -0.1) is 0 Å². The first-order chi connectivity index (χ1) is 12.7. The minimum absolute atomic E-state index is 0.0617. The third-order valence-corrected chi connectivity index (χ3v) is 5.04. The fraction of sp³-hybridized carbons (Fsp3) is 0.450. The van der Waals surface area contributed by atoms with Crippen LogP contribution in [-0.4, -0.2) is 38.1 Å². The van der Waals surface area contributed by atoms with Crippen molar-refractivity contribution in [3.05, 3.63) is 40.2 Å². The highest BCUT2D eigenvalue weighted by Gasteiger charge is 2.24. The first-order valence-electron chi connectivity index (χ1n) is 8.94. The third-order valence-electron chi connectivity index (χ3n) is 5.04. The van der Waals surface area contributed by atoms with Gasteiger partial charge in [-0.1, -0.05) is 0 Å². The second kappa shape index (κ2) is 7.03. The molecule has 0 bridgehead atoms. The van der Waals surface area contributed by atoms with E-state index in [0.29, 0.717) is 24.7 Å². The number of aromatic nitrogens is 1. The largest absolute Gasteiger partial charge is 0.497 e. The summed E-state index contributed by atoms with van der Waals surface area (Å²) in [6.45, 7) is 1.88. The van der Waals surface area contributed by atoms with Crippen LogP contribution in [0.5, 0.6) is 17.2 Å². The van der Waals surface area contributed by atoms with Gasteiger partial charge < -0.3 is 23.5 Å². The molecule has 0 radical (unpaired) electrons. The molecule has 2 aromatic rings. The summed E-state index contributed by atoms with van der Waals surface area (Å²) in [5, 5.41) is 0. The van der Waals surface area contributed by atoms with Gasteiger partial charge in [-0.05, 0) is 30.9 Å². The molecule has 1 aromatic carbocycles. The summed E-state index contributed by atoms with van der Waals surface area (Å²) in [7, 11) is 3.27. The minimum Gasteiger partial charge on any atom is -0.497 e. The summed E-state index contributed by atoms with van der Waals surface area (Å²) in [6.07, 6.45) is 2.93. The van der Waals surface area contributed by atoms with E-state index in [-0.39, 0.29) is 11.7 Å². The Hall–Kier alpha value is -2.47. The van der Waals surface area contributed by atoms with E-state index < -0.39 is 0 Å². The van der Waals surface area contributed by atoms with Crippen LogP contribution in [-0.2, 0) is 17.7 Å². The lowest BCUT2D eigenvalue weighted by atomic mass is 9.95. The Balaban J connectivity index is 1.73. The van der Waals surface area contributed by atoms with Crippen LogP contribution in [0.4, 0.5) is 0 Å². The van der Waals surface area contributed by atoms with Crippen molar-refractivity contribution in [2.75, 3.05) is 27.4 Å². The molecule has 6 heteroatoms. The maximum absolute atomic E-state index is 12.6. The van der Waals surface area contributed by atoms with Gasteiger partial charge in [-0.3, -0.25) is 4.79 Å². The maximum atomic E-state index is 12.6. The highest BCUT2D eigenvalue weighted by molar-refractivity contribution is 5.75. The monoisotopic (exact) mass is 357 g/mol. The molecule has 26 heavy (non-hydrogen) atoms. The van der Waals surface area contributed by atoms with Gasteiger partial charge in [-0.25, -0.2) is 0 Å². The van der Waals surface area contributed by atoms with Crippen LogP contribution in [0.2, 0.25) is 0 Å². The Morgan fingerprint density at radius 1 is 1.15 bits per heavy atom. The highest BCUT2D eigenvalue weighted by Crippen LogP contribution is 2.40. The Bertz CT molecular complexity index is 850. The van der Waals surface area contributed by atoms with Gasteiger partial charge in [0.15, 0.2) is 0 Å². The van der Waals surface area contributed by atoms with Crippen molar-refractivity contribution >= 4 is 0 Å². The maximum Gasteiger partial charge on any atom is 0.254 e. The smallest absolute Gasteiger partial charge is 0.254 e. The van der Waals surface area contributed by atoms with Gasteiger partial charge in [0.25, 0.3) is 5.56 Å². The van der Waals surface area contributed by atoms with Crippen LogP contribution in [0.15, 0.2) is 29.1 Å². The van der Waals surface area contributed by atoms with Crippen LogP contribution < -0.4 is 19.8 Å². The Kier molecular flexibility index (Phi) is 4.59. The number of aryl methyl sites for hydroxylation is 1. The number of nitrogens with zero attached hydrogens (tertiary/aromatic N) is 1. The van der Waals surface area contributed by atoms with E-state index >= 15 is 0 Å². The number of hydrogen-bond acceptors (Lipinski definition) is 5. The molecule has 3 heterocycles. The van der Waals surface area contributed by atoms with E-state index in [2.05, 4.69) is 0 Å². The van der Waals surface area contributed by atoms with Crippen molar-refractivity contribution in [1.29, 1.82) is 0 Å². The minimum atomic E-state index is -0.0617. The molecule has 4 rings (SSSR count). The third kappa shape index (κ3) is 3.05. The number of fused-ring (bicyclic) bond motifs is 3. The van der Waals surface area contributed by atoms with Crippen molar-refractivity contribution in [1.82, 2.24) is 4.57 Å². The molecule has 2 aliphatic rings. The first kappa shape index (κ1) is 17.0. The van der Waals surface area contributed by atoms with E-state index in [9.17, 15) is 4.79 Å². The van der Waals surface area contributed by atoms with Crippen LogP contribution in [0.25, 0.3) is 11.3 Å². The Morgan fingerprint density at radius 3 is 2.77 bits per heavy atom. The molecule has 0 saturated carbocycles. The molecular weight excluding hydrogens is 334 g/mol. The summed E-state index contributed by atoms with van der Waals surface area (Å²) >= 11 is 0. The normalized spacial score (nSPS) is 18.2. The number of ether oxygens (including phenoxy) is 4. The predicted octanol–water partition coefficient (Wildman–Crippen LogP) is 2.65. The van der Waals surface area contributed by atoms with Crippen LogP contribution >= 0.6 is 0 Å². The molecule has 1 aromatic heterocycles. The van der Waals surface area contributed by atoms with E-state index in [1.54, 1.807) is 24.9 Å². The van der Waals surface area contributed by atoms with E-state index in [1.807, 2.05) is 18.2 Å². The lowest BCUT2D eigenvalue weighted by Crippen LogP contribution is -2.26. The molecule has 0 aliphatic carbocycles. The molecule has 6 nitrogen and oxygen atoms in total. The second-order valence-corrected chi connectivity index (χ2v) is 6.63. The lowest BCUT2D eigenvalue weighted by Gasteiger charge is -2.25. The van der Waals surface area contributed by atoms with Gasteiger partial charge in [0.1, 0.15) is 23.9 Å². The topological polar surface area (TPSA) is 58.9 Å². The fourth-order valence-electron chi connectivity index (χ4n) is 3.70. The summed E-state index contributed by atoms with van der Waals surface area (Å²) in [6, 6.07) is 7.33. The molecule has 138 valence electrons. The first-order valence-corrected chi connectivity index (χ1v) is 8.94. The molecule has 1 atom stereocenters. The zero-order chi connectivity index (χ0) is 18.1. The number of pyridine rings is 1. The fourth-order valence-corrected chi connectivity index (χ4v) is 3.70. The number of rotatable bonds is 5. The summed E-state index contributed by atoms with van der Waals surface area (Å²) in [5.41, 5.74) is 2.80. The van der Waals surface area contributed by atoms with Crippen molar-refractivity contribution in [3.8, 4) is 28.5 Å². The second-order valence-electron chi connectivity index (χ2n) is 6.63. The average Bonchev–Trinajstić information content (AvgIpc) is 3.18. The number of hydrogen-bond donors (Lipinski definition) is 0. The van der Waals surface area contributed by atoms with Gasteiger partial charge in [0, 0.05) is 36.9 Å². The standard InChI is InChI=1S/C20H23NO5/c1-23-15-8-13-5-6-21-17(20(13)18(10-15)24-2)9-16(11-19(21)22)26-12-14-4-3-7-25-14/h8-11,14H,3-7,12H2,1-2H3. The van der Waals surface area contributed by atoms with Gasteiger partial charge in [0.05, 0.1) is 26.0 Å². The molecule has 1 fully saturated rings. The van der Waals surface area contributed by atoms with Crippen LogP contribution in [0.3, 0.4) is 0 Å². The average molecular weight is 357 g/mol. The highest BCUT2D eigenvalue weighted by atomic mass is 16.5. The predicted molar refractivity (Wildman–Crippen MR) is 97.4 cm³/mol. The van der Waals surface area contributed by atoms with E-state index in [4.69, 9.17) is 18.9 Å². The lowest BCUT2D eigenvalue weighted by molar-refractivity contribution is 0.0679. The molecule has 0 spiro atoms. The van der Waals surface area contributed by atoms with Crippen LogP contribution in [0.1, 0.15) is 18.4 Å². The van der Waals surface area contributed by atoms with Crippen LogP contribution in [0, 0.1) is 0 Å².